The minimum atomic E-state index is -0.452. The second-order valence-corrected chi connectivity index (χ2v) is 3.87. The summed E-state index contributed by atoms with van der Waals surface area (Å²) in [6.45, 7) is 1.75. The highest BCUT2D eigenvalue weighted by molar-refractivity contribution is 7.71. The second-order valence-electron chi connectivity index (χ2n) is 3.48. The molecule has 1 aromatic heterocycles. The quantitative estimate of drug-likeness (QED) is 0.397. The average Bonchev–Trinajstić information content (AvgIpc) is 2.67. The zero-order valence-corrected chi connectivity index (χ0v) is 10.2. The monoisotopic (exact) mass is 263 g/mol. The average molecular weight is 263 g/mol. The lowest BCUT2D eigenvalue weighted by Gasteiger charge is -1.95. The minimum Gasteiger partial charge on any atom is -0.258 e. The summed E-state index contributed by atoms with van der Waals surface area (Å²) in [5.41, 5.74) is 0.637. The van der Waals surface area contributed by atoms with Crippen LogP contribution in [-0.2, 0) is 0 Å². The van der Waals surface area contributed by atoms with Gasteiger partial charge in [0, 0.05) is 17.7 Å². The molecule has 0 radical (unpaired) electrons. The van der Waals surface area contributed by atoms with E-state index < -0.39 is 4.92 Å². The molecule has 92 valence electrons. The van der Waals surface area contributed by atoms with E-state index in [-0.39, 0.29) is 5.69 Å². The van der Waals surface area contributed by atoms with Crippen LogP contribution < -0.4 is 0 Å². The van der Waals surface area contributed by atoms with Crippen molar-refractivity contribution in [3.05, 3.63) is 50.5 Å². The van der Waals surface area contributed by atoms with Crippen molar-refractivity contribution in [1.82, 2.24) is 14.9 Å². The fraction of sp³-hybridized carbons (Fsp3) is 0.100. The van der Waals surface area contributed by atoms with Crippen molar-refractivity contribution >= 4 is 24.1 Å². The Morgan fingerprint density at radius 1 is 1.61 bits per heavy atom. The molecule has 0 saturated carbocycles. The predicted molar refractivity (Wildman–Crippen MR) is 68.2 cm³/mol. The number of aryl methyl sites for hydroxylation is 1. The van der Waals surface area contributed by atoms with Crippen LogP contribution in [0.5, 0.6) is 0 Å². The van der Waals surface area contributed by atoms with Gasteiger partial charge in [0.2, 0.25) is 4.77 Å². The SMILES string of the molecule is Cc1n[nH]c(=S)n1/N=C\c1cccc([N+](=O)[O-])c1. The van der Waals surface area contributed by atoms with Crippen molar-refractivity contribution in [2.75, 3.05) is 0 Å². The van der Waals surface area contributed by atoms with Crippen LogP contribution >= 0.6 is 12.2 Å². The van der Waals surface area contributed by atoms with Gasteiger partial charge in [0.1, 0.15) is 5.82 Å². The van der Waals surface area contributed by atoms with E-state index in [1.165, 1.54) is 23.0 Å². The molecule has 0 saturated heterocycles. The summed E-state index contributed by atoms with van der Waals surface area (Å²) < 4.78 is 1.81. The molecule has 0 spiro atoms. The van der Waals surface area contributed by atoms with Crippen LogP contribution in [0.2, 0.25) is 0 Å². The lowest BCUT2D eigenvalue weighted by molar-refractivity contribution is -0.384. The zero-order valence-electron chi connectivity index (χ0n) is 9.40. The Bertz CT molecular complexity index is 673. The van der Waals surface area contributed by atoms with E-state index in [9.17, 15) is 10.1 Å². The highest BCUT2D eigenvalue weighted by Gasteiger charge is 2.04. The number of aromatic amines is 1. The summed E-state index contributed by atoms with van der Waals surface area (Å²) in [6.07, 6.45) is 1.49. The van der Waals surface area contributed by atoms with Gasteiger partial charge >= 0.3 is 0 Å². The van der Waals surface area contributed by atoms with Gasteiger partial charge in [-0.2, -0.15) is 14.9 Å². The van der Waals surface area contributed by atoms with E-state index in [0.717, 1.165) is 0 Å². The maximum absolute atomic E-state index is 10.6. The summed E-state index contributed by atoms with van der Waals surface area (Å²) in [5, 5.41) is 21.2. The lowest BCUT2D eigenvalue weighted by atomic mass is 10.2. The maximum atomic E-state index is 10.6. The first-order valence-corrected chi connectivity index (χ1v) is 5.41. The van der Waals surface area contributed by atoms with Crippen molar-refractivity contribution in [3.8, 4) is 0 Å². The van der Waals surface area contributed by atoms with Crippen molar-refractivity contribution in [2.45, 2.75) is 6.92 Å². The molecule has 2 aromatic rings. The number of nitrogens with one attached hydrogen (secondary N) is 1. The molecule has 1 heterocycles. The molecule has 8 heteroatoms. The van der Waals surface area contributed by atoms with Gasteiger partial charge in [0.15, 0.2) is 0 Å². The van der Waals surface area contributed by atoms with Crippen LogP contribution in [0.1, 0.15) is 11.4 Å². The number of benzene rings is 1. The van der Waals surface area contributed by atoms with Gasteiger partial charge in [-0.3, -0.25) is 15.2 Å². The first-order valence-electron chi connectivity index (χ1n) is 5.01. The number of nitro benzene ring substituents is 1. The molecule has 0 aliphatic rings. The Morgan fingerprint density at radius 3 is 3.00 bits per heavy atom. The number of hydrogen-bond donors (Lipinski definition) is 1. The van der Waals surface area contributed by atoms with Crippen molar-refractivity contribution in [3.63, 3.8) is 0 Å². The summed E-state index contributed by atoms with van der Waals surface area (Å²) in [7, 11) is 0. The van der Waals surface area contributed by atoms with Gasteiger partial charge < -0.3 is 0 Å². The molecule has 0 fully saturated rings. The predicted octanol–water partition coefficient (Wildman–Crippen LogP) is 2.04. The molecule has 0 unspecified atom stereocenters. The summed E-state index contributed by atoms with van der Waals surface area (Å²) in [4.78, 5) is 10.2. The Kier molecular flexibility index (Phi) is 3.28. The van der Waals surface area contributed by atoms with Gasteiger partial charge in [0.25, 0.3) is 5.69 Å². The molecule has 0 amide bonds. The molecule has 0 aliphatic heterocycles. The van der Waals surface area contributed by atoms with E-state index in [0.29, 0.717) is 16.2 Å². The molecule has 7 nitrogen and oxygen atoms in total. The third-order valence-electron chi connectivity index (χ3n) is 2.22. The van der Waals surface area contributed by atoms with E-state index in [4.69, 9.17) is 12.2 Å². The molecule has 0 bridgehead atoms. The largest absolute Gasteiger partial charge is 0.270 e. The van der Waals surface area contributed by atoms with E-state index >= 15 is 0 Å². The smallest absolute Gasteiger partial charge is 0.258 e. The van der Waals surface area contributed by atoms with E-state index in [2.05, 4.69) is 15.3 Å². The highest BCUT2D eigenvalue weighted by atomic mass is 32.1. The zero-order chi connectivity index (χ0) is 13.1. The topological polar surface area (TPSA) is 89.1 Å². The Hall–Kier alpha value is -2.35. The summed E-state index contributed by atoms with van der Waals surface area (Å²) in [6, 6.07) is 6.17. The van der Waals surface area contributed by atoms with Crippen LogP contribution in [0.25, 0.3) is 0 Å². The Labute approximate surface area is 107 Å². The molecule has 0 atom stereocenters. The number of nitrogens with zero attached hydrogens (tertiary/aromatic N) is 4. The van der Waals surface area contributed by atoms with Gasteiger partial charge in [-0.1, -0.05) is 12.1 Å². The molecule has 1 aromatic carbocycles. The van der Waals surface area contributed by atoms with Crippen LogP contribution in [0.15, 0.2) is 29.4 Å². The second kappa shape index (κ2) is 4.88. The molecule has 2 rings (SSSR count). The standard InChI is InChI=1S/C10H9N5O2S/c1-7-12-13-10(18)14(7)11-6-8-3-2-4-9(5-8)15(16)17/h2-6H,1H3,(H,13,18)/b11-6-. The fourth-order valence-electron chi connectivity index (χ4n) is 1.35. The third-order valence-corrected chi connectivity index (χ3v) is 2.48. The number of nitro groups is 1. The minimum absolute atomic E-state index is 0.0199. The number of H-pyrrole nitrogens is 1. The van der Waals surface area contributed by atoms with Crippen molar-refractivity contribution < 1.29 is 4.92 Å². The van der Waals surface area contributed by atoms with Crippen LogP contribution in [0.4, 0.5) is 5.69 Å². The molecule has 0 aliphatic carbocycles. The van der Waals surface area contributed by atoms with Gasteiger partial charge in [-0.05, 0) is 19.1 Å². The maximum Gasteiger partial charge on any atom is 0.270 e. The summed E-state index contributed by atoms with van der Waals surface area (Å²) in [5.74, 6) is 0.613. The van der Waals surface area contributed by atoms with Crippen LogP contribution in [0.3, 0.4) is 0 Å². The Morgan fingerprint density at radius 2 is 2.39 bits per heavy atom. The van der Waals surface area contributed by atoms with Crippen molar-refractivity contribution in [1.29, 1.82) is 0 Å². The number of hydrogen-bond acceptors (Lipinski definition) is 5. The number of aromatic nitrogens is 3. The normalized spacial score (nSPS) is 10.9. The molecule has 18 heavy (non-hydrogen) atoms. The summed E-state index contributed by atoms with van der Waals surface area (Å²) >= 11 is 4.98. The highest BCUT2D eigenvalue weighted by Crippen LogP contribution is 2.11. The van der Waals surface area contributed by atoms with Gasteiger partial charge in [-0.15, -0.1) is 0 Å². The Balaban J connectivity index is 2.32. The van der Waals surface area contributed by atoms with Crippen molar-refractivity contribution in [2.24, 2.45) is 5.10 Å². The number of rotatable bonds is 3. The molecular formula is C10H9N5O2S. The third kappa shape index (κ3) is 2.48. The van der Waals surface area contributed by atoms with Crippen LogP contribution in [0, 0.1) is 21.8 Å². The van der Waals surface area contributed by atoms with Gasteiger partial charge in [-0.25, -0.2) is 0 Å². The first kappa shape index (κ1) is 12.1. The number of non-ortho nitro benzene ring substituents is 1. The molecular weight excluding hydrogens is 254 g/mol. The lowest BCUT2D eigenvalue weighted by Crippen LogP contribution is -1.94. The van der Waals surface area contributed by atoms with Gasteiger partial charge in [0.05, 0.1) is 11.1 Å². The first-order chi connectivity index (χ1) is 8.58. The van der Waals surface area contributed by atoms with Crippen LogP contribution in [-0.4, -0.2) is 26.0 Å². The fourth-order valence-corrected chi connectivity index (χ4v) is 1.57. The molecule has 1 N–H and O–H groups in total. The van der Waals surface area contributed by atoms with E-state index in [1.54, 1.807) is 19.1 Å². The van der Waals surface area contributed by atoms with E-state index in [1.807, 2.05) is 0 Å².